The molecule has 0 amide bonds. The van der Waals surface area contributed by atoms with Crippen LogP contribution in [0, 0.1) is 18.2 Å². The Kier molecular flexibility index (Phi) is 1.16. The van der Waals surface area contributed by atoms with Crippen molar-refractivity contribution < 1.29 is 4.73 Å². The van der Waals surface area contributed by atoms with Crippen molar-refractivity contribution in [1.82, 2.24) is 0 Å². The fourth-order valence-electron chi connectivity index (χ4n) is 0.442. The normalized spacial score (nSPS) is 9.12. The molecule has 1 aromatic heterocycles. The highest BCUT2D eigenvalue weighted by Gasteiger charge is 1.84. The number of nitrogens with zero attached hydrogens (tertiary/aromatic N) is 1. The van der Waals surface area contributed by atoms with E-state index < -0.39 is 0 Å². The molecule has 1 heterocycles. The maximum Gasteiger partial charge on any atom is 0.188 e. The summed E-state index contributed by atoms with van der Waals surface area (Å²) in [5.74, 6) is 0. The van der Waals surface area contributed by atoms with Gasteiger partial charge in [0.2, 0.25) is 0 Å². The molecule has 2 heteroatoms. The van der Waals surface area contributed by atoms with Crippen LogP contribution in [-0.2, 0) is 0 Å². The van der Waals surface area contributed by atoms with Crippen LogP contribution in [0.4, 0.5) is 0 Å². The van der Waals surface area contributed by atoms with E-state index in [0.717, 1.165) is 5.56 Å². The summed E-state index contributed by atoms with van der Waals surface area (Å²) in [6.07, 6.45) is 2.81. The van der Waals surface area contributed by atoms with Gasteiger partial charge in [-0.1, -0.05) is 0 Å². The molecule has 41 valence electrons. The third-order valence-electron chi connectivity index (χ3n) is 0.891. The summed E-state index contributed by atoms with van der Waals surface area (Å²) >= 11 is 0. The van der Waals surface area contributed by atoms with Crippen molar-refractivity contribution in [1.29, 1.82) is 0 Å². The largest absolute Gasteiger partial charge is 0.619 e. The van der Waals surface area contributed by atoms with Crippen molar-refractivity contribution in [3.63, 3.8) is 0 Å². The minimum Gasteiger partial charge on any atom is -0.619 e. The van der Waals surface area contributed by atoms with Gasteiger partial charge in [0.05, 0.1) is 6.07 Å². The van der Waals surface area contributed by atoms with Crippen LogP contribution in [0.1, 0.15) is 5.56 Å². The van der Waals surface area contributed by atoms with Crippen LogP contribution < -0.4 is 4.73 Å². The highest BCUT2D eigenvalue weighted by Crippen LogP contribution is 1.86. The lowest BCUT2D eigenvalue weighted by atomic mass is 10.3. The Hall–Kier alpha value is -1.05. The van der Waals surface area contributed by atoms with E-state index in [9.17, 15) is 5.21 Å². The van der Waals surface area contributed by atoms with Crippen molar-refractivity contribution in [2.24, 2.45) is 0 Å². The molecule has 0 atom stereocenters. The van der Waals surface area contributed by atoms with Crippen LogP contribution in [0.5, 0.6) is 0 Å². The first kappa shape index (κ1) is 5.09. The Labute approximate surface area is 48.0 Å². The monoisotopic (exact) mass is 108 g/mol. The molecule has 0 saturated carbocycles. The Bertz CT molecular complexity index is 147. The lowest BCUT2D eigenvalue weighted by Gasteiger charge is -1.91. The summed E-state index contributed by atoms with van der Waals surface area (Å²) in [4.78, 5) is 0. The predicted octanol–water partition coefficient (Wildman–Crippen LogP) is 0.429. The van der Waals surface area contributed by atoms with Crippen molar-refractivity contribution in [2.75, 3.05) is 0 Å². The van der Waals surface area contributed by atoms with Gasteiger partial charge in [0, 0.05) is 6.07 Å². The average molecular weight is 108 g/mol. The van der Waals surface area contributed by atoms with Crippen LogP contribution in [0.25, 0.3) is 0 Å². The molecule has 1 aromatic rings. The summed E-state index contributed by atoms with van der Waals surface area (Å²) in [7, 11) is 0. The first-order chi connectivity index (χ1) is 3.79. The first-order valence-corrected chi connectivity index (χ1v) is 2.36. The minimum absolute atomic E-state index is 0.715. The fraction of sp³-hybridized carbons (Fsp3) is 0.167. The smallest absolute Gasteiger partial charge is 0.188 e. The maximum atomic E-state index is 10.3. The number of aryl methyl sites for hydroxylation is 1. The molecular weight excluding hydrogens is 102 g/mol. The van der Waals surface area contributed by atoms with Gasteiger partial charge in [-0.15, -0.1) is 0 Å². The number of hydrogen-bond acceptors (Lipinski definition) is 1. The van der Waals surface area contributed by atoms with Crippen LogP contribution in [0.2, 0.25) is 0 Å². The number of aromatic nitrogens is 1. The molecule has 8 heavy (non-hydrogen) atoms. The summed E-state index contributed by atoms with van der Waals surface area (Å²) in [6.45, 7) is 1.89. The molecule has 0 saturated heterocycles. The molecule has 0 fully saturated rings. The molecule has 0 aliphatic carbocycles. The first-order valence-electron chi connectivity index (χ1n) is 2.36. The van der Waals surface area contributed by atoms with Crippen molar-refractivity contribution >= 4 is 0 Å². The van der Waals surface area contributed by atoms with E-state index >= 15 is 0 Å². The second-order valence-electron chi connectivity index (χ2n) is 1.63. The zero-order valence-electron chi connectivity index (χ0n) is 4.59. The molecule has 0 aliphatic heterocycles. The Morgan fingerprint density at radius 3 is 2.88 bits per heavy atom. The summed E-state index contributed by atoms with van der Waals surface area (Å²) in [5, 5.41) is 10.3. The average Bonchev–Trinajstić information content (AvgIpc) is 1.77. The lowest BCUT2D eigenvalue weighted by molar-refractivity contribution is -0.605. The van der Waals surface area contributed by atoms with E-state index in [2.05, 4.69) is 6.07 Å². The second kappa shape index (κ2) is 1.82. The Morgan fingerprint density at radius 2 is 2.50 bits per heavy atom. The van der Waals surface area contributed by atoms with Gasteiger partial charge < -0.3 is 5.21 Å². The van der Waals surface area contributed by atoms with E-state index in [1.165, 1.54) is 12.4 Å². The minimum atomic E-state index is 0.715. The Morgan fingerprint density at radius 1 is 1.75 bits per heavy atom. The van der Waals surface area contributed by atoms with Crippen molar-refractivity contribution in [3.8, 4) is 0 Å². The quantitative estimate of drug-likeness (QED) is 0.349. The van der Waals surface area contributed by atoms with Gasteiger partial charge in [-0.05, 0) is 12.5 Å². The zero-order valence-corrected chi connectivity index (χ0v) is 4.59. The number of rotatable bonds is 0. The topological polar surface area (TPSA) is 26.9 Å². The molecule has 1 rings (SSSR count). The predicted molar refractivity (Wildman–Crippen MR) is 29.0 cm³/mol. The summed E-state index contributed by atoms with van der Waals surface area (Å²) in [6, 6.07) is 4.47. The second-order valence-corrected chi connectivity index (χ2v) is 1.63. The lowest BCUT2D eigenvalue weighted by Crippen LogP contribution is -2.23. The van der Waals surface area contributed by atoms with E-state index in [-0.39, 0.29) is 0 Å². The molecule has 0 spiro atoms. The van der Waals surface area contributed by atoms with Crippen LogP contribution in [-0.4, -0.2) is 0 Å². The number of pyridine rings is 1. The molecule has 2 nitrogen and oxygen atoms in total. The van der Waals surface area contributed by atoms with Crippen molar-refractivity contribution in [2.45, 2.75) is 6.92 Å². The van der Waals surface area contributed by atoms with Crippen LogP contribution in [0.3, 0.4) is 0 Å². The van der Waals surface area contributed by atoms with E-state index in [1.807, 2.05) is 6.92 Å². The molecule has 0 unspecified atom stereocenters. The maximum absolute atomic E-state index is 10.3. The van der Waals surface area contributed by atoms with Crippen LogP contribution in [0.15, 0.2) is 18.5 Å². The van der Waals surface area contributed by atoms with Gasteiger partial charge in [-0.3, -0.25) is 0 Å². The molecule has 0 aliphatic rings. The van der Waals surface area contributed by atoms with Gasteiger partial charge in [0.1, 0.15) is 0 Å². The SMILES string of the molecule is Cc1[c]c[n+]([O-])cc1. The van der Waals surface area contributed by atoms with Gasteiger partial charge in [0.25, 0.3) is 0 Å². The van der Waals surface area contributed by atoms with Gasteiger partial charge >= 0.3 is 0 Å². The summed E-state index contributed by atoms with van der Waals surface area (Å²) in [5.41, 5.74) is 0.983. The van der Waals surface area contributed by atoms with E-state index in [1.54, 1.807) is 6.07 Å². The Balaban J connectivity index is 3.03. The van der Waals surface area contributed by atoms with Crippen LogP contribution >= 0.6 is 0 Å². The fourth-order valence-corrected chi connectivity index (χ4v) is 0.442. The molecule has 0 bridgehead atoms. The molecular formula is C6H6NO. The van der Waals surface area contributed by atoms with E-state index in [0.29, 0.717) is 4.73 Å². The highest BCUT2D eigenvalue weighted by molar-refractivity contribution is 5.01. The standard InChI is InChI=1S/C6H6NO/c1-6-2-4-7(8)5-3-6/h2,4-5H,1H3. The van der Waals surface area contributed by atoms with Gasteiger partial charge in [-0.25, -0.2) is 0 Å². The molecule has 0 aromatic carbocycles. The molecule has 0 N–H and O–H groups in total. The third kappa shape index (κ3) is 0.964. The summed E-state index contributed by atoms with van der Waals surface area (Å²) < 4.78 is 0.715. The number of hydrogen-bond donors (Lipinski definition) is 0. The zero-order chi connectivity index (χ0) is 5.98. The van der Waals surface area contributed by atoms with Gasteiger partial charge in [-0.2, -0.15) is 4.73 Å². The van der Waals surface area contributed by atoms with Gasteiger partial charge in [0.15, 0.2) is 12.4 Å². The highest BCUT2D eigenvalue weighted by atomic mass is 16.5. The van der Waals surface area contributed by atoms with E-state index in [4.69, 9.17) is 0 Å². The van der Waals surface area contributed by atoms with Crippen molar-refractivity contribution in [3.05, 3.63) is 35.3 Å². The molecule has 1 radical (unpaired) electrons. The third-order valence-corrected chi connectivity index (χ3v) is 0.891.